The molecule has 0 spiro atoms. The number of aromatic nitrogens is 2. The van der Waals surface area contributed by atoms with Crippen LogP contribution in [0.15, 0.2) is 60.8 Å². The van der Waals surface area contributed by atoms with Crippen molar-refractivity contribution in [1.82, 2.24) is 9.97 Å². The van der Waals surface area contributed by atoms with Gasteiger partial charge >= 0.3 is 0 Å². The standard InChI is InChI=1S/C22H20N4OS/c1-14-12-16(21-25-19-8-5-11-23-22(19)28-21)9-10-18(14)24-20(27)15-6-4-7-17(13-15)26(2)3/h4-13H,1-3H3,(H,24,27). The van der Waals surface area contributed by atoms with E-state index in [1.807, 2.05) is 80.5 Å². The maximum Gasteiger partial charge on any atom is 0.255 e. The SMILES string of the molecule is Cc1cc(-c2nc3cccnc3s2)ccc1NC(=O)c1cccc(N(C)C)c1. The van der Waals surface area contributed by atoms with Gasteiger partial charge in [0.05, 0.1) is 0 Å². The summed E-state index contributed by atoms with van der Waals surface area (Å²) in [5.74, 6) is -0.122. The minimum absolute atomic E-state index is 0.122. The van der Waals surface area contributed by atoms with E-state index < -0.39 is 0 Å². The highest BCUT2D eigenvalue weighted by Gasteiger charge is 2.12. The van der Waals surface area contributed by atoms with Gasteiger partial charge in [-0.25, -0.2) is 9.97 Å². The first kappa shape index (κ1) is 18.1. The third-order valence-electron chi connectivity index (χ3n) is 4.51. The second-order valence-electron chi connectivity index (χ2n) is 6.78. The van der Waals surface area contributed by atoms with Crippen LogP contribution in [0.5, 0.6) is 0 Å². The van der Waals surface area contributed by atoms with E-state index in [0.29, 0.717) is 5.56 Å². The Morgan fingerprint density at radius 3 is 2.68 bits per heavy atom. The monoisotopic (exact) mass is 388 g/mol. The topological polar surface area (TPSA) is 58.1 Å². The van der Waals surface area contributed by atoms with Gasteiger partial charge in [-0.15, -0.1) is 0 Å². The molecule has 5 nitrogen and oxygen atoms in total. The zero-order valence-corrected chi connectivity index (χ0v) is 16.7. The maximum atomic E-state index is 12.7. The van der Waals surface area contributed by atoms with Gasteiger partial charge in [-0.1, -0.05) is 17.4 Å². The molecule has 0 saturated carbocycles. The van der Waals surface area contributed by atoms with Crippen molar-refractivity contribution in [3.8, 4) is 10.6 Å². The first-order valence-electron chi connectivity index (χ1n) is 8.92. The lowest BCUT2D eigenvalue weighted by Gasteiger charge is -2.14. The number of nitrogens with one attached hydrogen (secondary N) is 1. The van der Waals surface area contributed by atoms with Crippen LogP contribution in [0.25, 0.3) is 20.9 Å². The minimum atomic E-state index is -0.122. The molecular formula is C22H20N4OS. The molecule has 0 radical (unpaired) electrons. The summed E-state index contributed by atoms with van der Waals surface area (Å²) in [5.41, 5.74) is 5.33. The van der Waals surface area contributed by atoms with Crippen LogP contribution in [0.3, 0.4) is 0 Å². The fraction of sp³-hybridized carbons (Fsp3) is 0.136. The first-order chi connectivity index (χ1) is 13.5. The number of hydrogen-bond donors (Lipinski definition) is 1. The van der Waals surface area contributed by atoms with Crippen molar-refractivity contribution in [3.63, 3.8) is 0 Å². The lowest BCUT2D eigenvalue weighted by molar-refractivity contribution is 0.102. The van der Waals surface area contributed by atoms with Gasteiger partial charge in [0.15, 0.2) is 0 Å². The van der Waals surface area contributed by atoms with E-state index in [1.54, 1.807) is 17.5 Å². The van der Waals surface area contributed by atoms with E-state index >= 15 is 0 Å². The van der Waals surface area contributed by atoms with Crippen molar-refractivity contribution >= 4 is 39.0 Å². The van der Waals surface area contributed by atoms with Crippen LogP contribution in [0, 0.1) is 6.92 Å². The molecule has 0 aliphatic heterocycles. The number of pyridine rings is 1. The lowest BCUT2D eigenvalue weighted by atomic mass is 10.1. The Balaban J connectivity index is 1.58. The van der Waals surface area contributed by atoms with Crippen molar-refractivity contribution in [2.45, 2.75) is 6.92 Å². The normalized spacial score (nSPS) is 10.8. The van der Waals surface area contributed by atoms with Crippen molar-refractivity contribution in [3.05, 3.63) is 71.9 Å². The number of fused-ring (bicyclic) bond motifs is 1. The predicted octanol–water partition coefficient (Wildman–Crippen LogP) is 4.99. The number of thiazole rings is 1. The minimum Gasteiger partial charge on any atom is -0.378 e. The first-order valence-corrected chi connectivity index (χ1v) is 9.74. The number of aryl methyl sites for hydroxylation is 1. The number of benzene rings is 2. The summed E-state index contributed by atoms with van der Waals surface area (Å²) in [4.78, 5) is 24.6. The van der Waals surface area contributed by atoms with Crippen molar-refractivity contribution in [2.24, 2.45) is 0 Å². The molecule has 0 unspecified atom stereocenters. The van der Waals surface area contributed by atoms with E-state index in [4.69, 9.17) is 0 Å². The third kappa shape index (κ3) is 3.59. The predicted molar refractivity (Wildman–Crippen MR) is 116 cm³/mol. The Labute approximate surface area is 167 Å². The van der Waals surface area contributed by atoms with Crippen LogP contribution in [0.1, 0.15) is 15.9 Å². The van der Waals surface area contributed by atoms with Gasteiger partial charge in [0.25, 0.3) is 5.91 Å². The average molecular weight is 388 g/mol. The summed E-state index contributed by atoms with van der Waals surface area (Å²) in [5, 5.41) is 3.94. The highest BCUT2D eigenvalue weighted by molar-refractivity contribution is 7.21. The van der Waals surface area contributed by atoms with Gasteiger partial charge in [0, 0.05) is 42.8 Å². The number of amides is 1. The van der Waals surface area contributed by atoms with Crippen molar-refractivity contribution in [1.29, 1.82) is 0 Å². The Morgan fingerprint density at radius 2 is 1.93 bits per heavy atom. The highest BCUT2D eigenvalue weighted by Crippen LogP contribution is 2.31. The van der Waals surface area contributed by atoms with E-state index in [9.17, 15) is 4.79 Å². The molecule has 0 aliphatic carbocycles. The Bertz CT molecular complexity index is 1130. The largest absolute Gasteiger partial charge is 0.378 e. The lowest BCUT2D eigenvalue weighted by Crippen LogP contribution is -2.14. The molecule has 2 heterocycles. The van der Waals surface area contributed by atoms with Gasteiger partial charge in [-0.05, 0) is 61.0 Å². The molecule has 0 saturated heterocycles. The fourth-order valence-electron chi connectivity index (χ4n) is 2.95. The van der Waals surface area contributed by atoms with Crippen LogP contribution < -0.4 is 10.2 Å². The summed E-state index contributed by atoms with van der Waals surface area (Å²) < 4.78 is 0. The van der Waals surface area contributed by atoms with Gasteiger partial charge in [-0.3, -0.25) is 4.79 Å². The molecule has 1 N–H and O–H groups in total. The molecule has 0 atom stereocenters. The molecule has 0 bridgehead atoms. The zero-order valence-electron chi connectivity index (χ0n) is 15.9. The van der Waals surface area contributed by atoms with Gasteiger partial charge in [-0.2, -0.15) is 0 Å². The molecule has 28 heavy (non-hydrogen) atoms. The van der Waals surface area contributed by atoms with Gasteiger partial charge in [0.1, 0.15) is 15.4 Å². The molecule has 4 aromatic rings. The molecule has 6 heteroatoms. The van der Waals surface area contributed by atoms with E-state index in [0.717, 1.165) is 37.9 Å². The quantitative estimate of drug-likeness (QED) is 0.535. The molecule has 4 rings (SSSR count). The Hall–Kier alpha value is -3.25. The zero-order chi connectivity index (χ0) is 19.7. The number of anilines is 2. The molecule has 140 valence electrons. The molecule has 1 amide bonds. The summed E-state index contributed by atoms with van der Waals surface area (Å²) in [6.45, 7) is 1.99. The summed E-state index contributed by atoms with van der Waals surface area (Å²) in [7, 11) is 3.91. The van der Waals surface area contributed by atoms with Gasteiger partial charge in [0.2, 0.25) is 0 Å². The molecule has 2 aromatic carbocycles. The summed E-state index contributed by atoms with van der Waals surface area (Å²) >= 11 is 1.57. The number of carbonyl (C=O) groups excluding carboxylic acids is 1. The van der Waals surface area contributed by atoms with Crippen LogP contribution in [-0.4, -0.2) is 30.0 Å². The van der Waals surface area contributed by atoms with E-state index in [-0.39, 0.29) is 5.91 Å². The van der Waals surface area contributed by atoms with Crippen molar-refractivity contribution < 1.29 is 4.79 Å². The molecular weight excluding hydrogens is 368 g/mol. The Morgan fingerprint density at radius 1 is 1.07 bits per heavy atom. The third-order valence-corrected chi connectivity index (χ3v) is 5.54. The van der Waals surface area contributed by atoms with Crippen LogP contribution >= 0.6 is 11.3 Å². The van der Waals surface area contributed by atoms with Crippen LogP contribution in [-0.2, 0) is 0 Å². The smallest absolute Gasteiger partial charge is 0.255 e. The number of nitrogens with zero attached hydrogens (tertiary/aromatic N) is 3. The molecule has 2 aromatic heterocycles. The average Bonchev–Trinajstić information content (AvgIpc) is 3.13. The highest BCUT2D eigenvalue weighted by atomic mass is 32.1. The second kappa shape index (κ2) is 7.40. The van der Waals surface area contributed by atoms with Crippen molar-refractivity contribution in [2.75, 3.05) is 24.3 Å². The number of carbonyl (C=O) groups is 1. The van der Waals surface area contributed by atoms with Crippen LogP contribution in [0.2, 0.25) is 0 Å². The molecule has 0 fully saturated rings. The number of rotatable bonds is 4. The summed E-state index contributed by atoms with van der Waals surface area (Å²) in [6, 6.07) is 17.4. The van der Waals surface area contributed by atoms with Gasteiger partial charge < -0.3 is 10.2 Å². The molecule has 0 aliphatic rings. The Kier molecular flexibility index (Phi) is 4.79. The van der Waals surface area contributed by atoms with E-state index in [1.165, 1.54) is 0 Å². The fourth-order valence-corrected chi connectivity index (χ4v) is 3.85. The maximum absolute atomic E-state index is 12.7. The second-order valence-corrected chi connectivity index (χ2v) is 7.75. The van der Waals surface area contributed by atoms with E-state index in [2.05, 4.69) is 15.3 Å². The summed E-state index contributed by atoms with van der Waals surface area (Å²) in [6.07, 6.45) is 1.78. The number of hydrogen-bond acceptors (Lipinski definition) is 5. The van der Waals surface area contributed by atoms with Crippen LogP contribution in [0.4, 0.5) is 11.4 Å².